The molecule has 2 heterocycles. The fraction of sp³-hybridized carbons (Fsp3) is 0. The van der Waals surface area contributed by atoms with Crippen LogP contribution >= 0.6 is 22.9 Å². The molecule has 2 aromatic heterocycles. The Bertz CT molecular complexity index is 722. The van der Waals surface area contributed by atoms with Crippen LogP contribution in [0, 0.1) is 0 Å². The van der Waals surface area contributed by atoms with Crippen molar-refractivity contribution in [1.82, 2.24) is 10.2 Å². The van der Waals surface area contributed by atoms with Gasteiger partial charge in [-0.15, -0.1) is 21.5 Å². The van der Waals surface area contributed by atoms with Gasteiger partial charge in [0.1, 0.15) is 0 Å². The van der Waals surface area contributed by atoms with Crippen molar-refractivity contribution in [3.63, 3.8) is 0 Å². The number of thiophene rings is 1. The highest BCUT2D eigenvalue weighted by Crippen LogP contribution is 2.23. The lowest BCUT2D eigenvalue weighted by Crippen LogP contribution is -2.09. The number of rotatable bonds is 3. The second kappa shape index (κ2) is 5.44. The van der Waals surface area contributed by atoms with Gasteiger partial charge in [-0.1, -0.05) is 11.6 Å². The Morgan fingerprint density at radius 1 is 1.20 bits per heavy atom. The number of nitrogens with zero attached hydrogens (tertiary/aromatic N) is 2. The summed E-state index contributed by atoms with van der Waals surface area (Å²) in [6, 6.07) is 10.5. The molecule has 0 atom stereocenters. The molecule has 0 fully saturated rings. The van der Waals surface area contributed by atoms with Gasteiger partial charge >= 0.3 is 0 Å². The molecule has 0 spiro atoms. The van der Waals surface area contributed by atoms with Gasteiger partial charge < -0.3 is 9.73 Å². The van der Waals surface area contributed by atoms with Gasteiger partial charge in [0, 0.05) is 11.3 Å². The van der Waals surface area contributed by atoms with Gasteiger partial charge in [0.25, 0.3) is 5.91 Å². The summed E-state index contributed by atoms with van der Waals surface area (Å²) in [4.78, 5) is 12.5. The van der Waals surface area contributed by atoms with E-state index >= 15 is 0 Å². The van der Waals surface area contributed by atoms with Crippen LogP contribution in [0.2, 0.25) is 4.34 Å². The number of amides is 1. The molecule has 0 saturated heterocycles. The Labute approximate surface area is 123 Å². The van der Waals surface area contributed by atoms with Crippen molar-refractivity contribution in [3.8, 4) is 11.5 Å². The number of nitrogens with one attached hydrogen (secondary N) is 1. The average molecular weight is 306 g/mol. The standard InChI is InChI=1S/C13H8ClN3O2S/c14-11-6-5-10(20-11)12(18)16-9-3-1-8(2-4-9)13-17-15-7-19-13/h1-7H,(H,16,18). The van der Waals surface area contributed by atoms with Gasteiger partial charge in [-0.3, -0.25) is 4.79 Å². The first-order valence-electron chi connectivity index (χ1n) is 5.66. The topological polar surface area (TPSA) is 68.0 Å². The van der Waals surface area contributed by atoms with Crippen LogP contribution in [-0.2, 0) is 0 Å². The van der Waals surface area contributed by atoms with E-state index in [-0.39, 0.29) is 5.91 Å². The second-order valence-corrected chi connectivity index (χ2v) is 5.59. The third-order valence-electron chi connectivity index (χ3n) is 2.55. The van der Waals surface area contributed by atoms with Crippen molar-refractivity contribution in [1.29, 1.82) is 0 Å². The number of anilines is 1. The van der Waals surface area contributed by atoms with E-state index in [1.54, 1.807) is 36.4 Å². The van der Waals surface area contributed by atoms with Crippen molar-refractivity contribution >= 4 is 34.5 Å². The number of carbonyl (C=O) groups is 1. The largest absolute Gasteiger partial charge is 0.423 e. The van der Waals surface area contributed by atoms with Crippen LogP contribution in [0.3, 0.4) is 0 Å². The van der Waals surface area contributed by atoms with E-state index in [1.807, 2.05) is 0 Å². The van der Waals surface area contributed by atoms with Gasteiger partial charge in [-0.2, -0.15) is 0 Å². The minimum absolute atomic E-state index is 0.188. The fourth-order valence-corrected chi connectivity index (χ4v) is 2.56. The molecule has 0 bridgehead atoms. The SMILES string of the molecule is O=C(Nc1ccc(-c2nnco2)cc1)c1ccc(Cl)s1. The Morgan fingerprint density at radius 3 is 2.60 bits per heavy atom. The fourth-order valence-electron chi connectivity index (χ4n) is 1.62. The Hall–Kier alpha value is -2.18. The van der Waals surface area contributed by atoms with Crippen LogP contribution in [0.4, 0.5) is 5.69 Å². The lowest BCUT2D eigenvalue weighted by Gasteiger charge is -2.03. The minimum atomic E-state index is -0.188. The summed E-state index contributed by atoms with van der Waals surface area (Å²) >= 11 is 7.04. The molecule has 0 aliphatic carbocycles. The summed E-state index contributed by atoms with van der Waals surface area (Å²) in [5.41, 5.74) is 1.47. The zero-order valence-corrected chi connectivity index (χ0v) is 11.6. The Kier molecular flexibility index (Phi) is 3.49. The highest BCUT2D eigenvalue weighted by atomic mass is 35.5. The average Bonchev–Trinajstić information content (AvgIpc) is 3.10. The van der Waals surface area contributed by atoms with Gasteiger partial charge in [0.05, 0.1) is 9.21 Å². The van der Waals surface area contributed by atoms with Gasteiger partial charge in [0.15, 0.2) is 0 Å². The Balaban J connectivity index is 1.74. The molecule has 0 aliphatic rings. The minimum Gasteiger partial charge on any atom is -0.423 e. The highest BCUT2D eigenvalue weighted by Gasteiger charge is 2.09. The van der Waals surface area contributed by atoms with Crippen LogP contribution < -0.4 is 5.32 Å². The van der Waals surface area contributed by atoms with E-state index < -0.39 is 0 Å². The first-order chi connectivity index (χ1) is 9.72. The van der Waals surface area contributed by atoms with E-state index in [0.717, 1.165) is 5.56 Å². The summed E-state index contributed by atoms with van der Waals surface area (Å²) in [5, 5.41) is 10.2. The lowest BCUT2D eigenvalue weighted by molar-refractivity contribution is 0.103. The first kappa shape index (κ1) is 12.8. The van der Waals surface area contributed by atoms with Crippen molar-refractivity contribution in [3.05, 3.63) is 52.0 Å². The highest BCUT2D eigenvalue weighted by molar-refractivity contribution is 7.18. The number of carbonyl (C=O) groups excluding carboxylic acids is 1. The number of aromatic nitrogens is 2. The summed E-state index contributed by atoms with van der Waals surface area (Å²) < 4.78 is 5.68. The number of halogens is 1. The molecular formula is C13H8ClN3O2S. The zero-order chi connectivity index (χ0) is 13.9. The summed E-state index contributed by atoms with van der Waals surface area (Å²) in [5.74, 6) is 0.250. The van der Waals surface area contributed by atoms with E-state index in [0.29, 0.717) is 20.8 Å². The molecule has 3 rings (SSSR count). The smallest absolute Gasteiger partial charge is 0.265 e. The van der Waals surface area contributed by atoms with Crippen LogP contribution in [0.25, 0.3) is 11.5 Å². The van der Waals surface area contributed by atoms with Crippen molar-refractivity contribution in [2.75, 3.05) is 5.32 Å². The maximum Gasteiger partial charge on any atom is 0.265 e. The number of benzene rings is 1. The predicted molar refractivity (Wildman–Crippen MR) is 77.0 cm³/mol. The monoisotopic (exact) mass is 305 g/mol. The molecule has 3 aromatic rings. The van der Waals surface area contributed by atoms with E-state index in [1.165, 1.54) is 17.7 Å². The summed E-state index contributed by atoms with van der Waals surface area (Å²) in [6.07, 6.45) is 1.27. The second-order valence-electron chi connectivity index (χ2n) is 3.88. The maximum absolute atomic E-state index is 11.9. The van der Waals surface area contributed by atoms with E-state index in [4.69, 9.17) is 16.0 Å². The van der Waals surface area contributed by atoms with Crippen LogP contribution in [-0.4, -0.2) is 16.1 Å². The molecule has 1 amide bonds. The van der Waals surface area contributed by atoms with Crippen LogP contribution in [0.15, 0.2) is 47.2 Å². The van der Waals surface area contributed by atoms with Crippen molar-refractivity contribution < 1.29 is 9.21 Å². The molecule has 100 valence electrons. The molecule has 0 radical (unpaired) electrons. The van der Waals surface area contributed by atoms with Crippen molar-refractivity contribution in [2.24, 2.45) is 0 Å². The molecule has 1 N–H and O–H groups in total. The summed E-state index contributed by atoms with van der Waals surface area (Å²) in [7, 11) is 0. The first-order valence-corrected chi connectivity index (χ1v) is 6.85. The van der Waals surface area contributed by atoms with Gasteiger partial charge in [-0.05, 0) is 36.4 Å². The van der Waals surface area contributed by atoms with Gasteiger partial charge in [-0.25, -0.2) is 0 Å². The zero-order valence-electron chi connectivity index (χ0n) is 10.0. The molecule has 7 heteroatoms. The lowest BCUT2D eigenvalue weighted by atomic mass is 10.2. The van der Waals surface area contributed by atoms with E-state index in [2.05, 4.69) is 15.5 Å². The number of hydrogen-bond acceptors (Lipinski definition) is 5. The van der Waals surface area contributed by atoms with Gasteiger partial charge in [0.2, 0.25) is 12.3 Å². The quantitative estimate of drug-likeness (QED) is 0.801. The Morgan fingerprint density at radius 2 is 2.00 bits per heavy atom. The normalized spacial score (nSPS) is 10.4. The molecule has 1 aromatic carbocycles. The predicted octanol–water partition coefficient (Wildman–Crippen LogP) is 3.70. The van der Waals surface area contributed by atoms with Crippen LogP contribution in [0.1, 0.15) is 9.67 Å². The van der Waals surface area contributed by atoms with E-state index in [9.17, 15) is 4.79 Å². The molecule has 0 unspecified atom stereocenters. The maximum atomic E-state index is 11.9. The van der Waals surface area contributed by atoms with Crippen LogP contribution in [0.5, 0.6) is 0 Å². The summed E-state index contributed by atoms with van der Waals surface area (Å²) in [6.45, 7) is 0. The molecular weight excluding hydrogens is 298 g/mol. The van der Waals surface area contributed by atoms with Crippen molar-refractivity contribution in [2.45, 2.75) is 0 Å². The molecule has 0 saturated carbocycles. The molecule has 20 heavy (non-hydrogen) atoms. The molecule has 5 nitrogen and oxygen atoms in total. The third-order valence-corrected chi connectivity index (χ3v) is 3.78. The molecule has 0 aliphatic heterocycles. The third kappa shape index (κ3) is 2.71. The number of hydrogen-bond donors (Lipinski definition) is 1.